The molecule has 10 aromatic rings. The maximum atomic E-state index is 5.41. The molecule has 2 heterocycles. The van der Waals surface area contributed by atoms with Crippen molar-refractivity contribution in [1.29, 1.82) is 0 Å². The van der Waals surface area contributed by atoms with Gasteiger partial charge < -0.3 is 0 Å². The molecule has 3 heteroatoms. The number of aromatic nitrogens is 2. The van der Waals surface area contributed by atoms with E-state index in [4.69, 9.17) is 9.97 Å². The number of nitrogens with zero attached hydrogens (tertiary/aromatic N) is 2. The van der Waals surface area contributed by atoms with Crippen LogP contribution in [0, 0.1) is 0 Å². The van der Waals surface area contributed by atoms with Crippen LogP contribution in [0.2, 0.25) is 0 Å². The molecule has 0 bridgehead atoms. The zero-order valence-corrected chi connectivity index (χ0v) is 29.9. The van der Waals surface area contributed by atoms with Gasteiger partial charge in [-0.15, -0.1) is 11.3 Å². The van der Waals surface area contributed by atoms with Gasteiger partial charge in [-0.05, 0) is 90.7 Å². The van der Waals surface area contributed by atoms with Crippen LogP contribution in [0.5, 0.6) is 0 Å². The van der Waals surface area contributed by atoms with Crippen molar-refractivity contribution in [2.24, 2.45) is 0 Å². The number of hydrogen-bond donors (Lipinski definition) is 0. The monoisotopic (exact) mass is 702 g/mol. The Balaban J connectivity index is 1.09. The van der Waals surface area contributed by atoms with Crippen molar-refractivity contribution in [1.82, 2.24) is 9.97 Å². The van der Waals surface area contributed by atoms with Gasteiger partial charge in [-0.3, -0.25) is 0 Å². The van der Waals surface area contributed by atoms with Gasteiger partial charge in [-0.1, -0.05) is 158 Å². The summed E-state index contributed by atoms with van der Waals surface area (Å²) < 4.78 is 2.33. The van der Waals surface area contributed by atoms with E-state index in [2.05, 4.69) is 182 Å². The molecule has 0 N–H and O–H groups in total. The van der Waals surface area contributed by atoms with Gasteiger partial charge in [0.1, 0.15) is 0 Å². The van der Waals surface area contributed by atoms with Gasteiger partial charge in [-0.25, -0.2) is 9.97 Å². The second-order valence-electron chi connectivity index (χ2n) is 14.5. The molecule has 250 valence electrons. The van der Waals surface area contributed by atoms with Gasteiger partial charge in [0.05, 0.1) is 21.3 Å². The summed E-state index contributed by atoms with van der Waals surface area (Å²) in [6.45, 7) is 0. The second kappa shape index (κ2) is 11.2. The van der Waals surface area contributed by atoms with Crippen molar-refractivity contribution in [3.05, 3.63) is 204 Å². The van der Waals surface area contributed by atoms with Crippen molar-refractivity contribution in [2.45, 2.75) is 5.41 Å². The van der Waals surface area contributed by atoms with E-state index in [0.29, 0.717) is 0 Å². The Bertz CT molecular complexity index is 3160. The molecule has 12 rings (SSSR count). The van der Waals surface area contributed by atoms with Crippen molar-refractivity contribution in [2.75, 3.05) is 0 Å². The first-order chi connectivity index (χ1) is 26.8. The second-order valence-corrected chi connectivity index (χ2v) is 15.5. The summed E-state index contributed by atoms with van der Waals surface area (Å²) in [6.07, 6.45) is 0. The molecule has 1 atom stereocenters. The molecule has 54 heavy (non-hydrogen) atoms. The van der Waals surface area contributed by atoms with Gasteiger partial charge in [0.2, 0.25) is 0 Å². The van der Waals surface area contributed by atoms with Crippen LogP contribution in [0.4, 0.5) is 0 Å². The minimum Gasteiger partial charge on any atom is -0.226 e. The molecule has 1 spiro atoms. The first-order valence-electron chi connectivity index (χ1n) is 18.5. The Hall–Kier alpha value is -6.68. The fourth-order valence-electron chi connectivity index (χ4n) is 9.33. The molecule has 0 saturated heterocycles. The van der Waals surface area contributed by atoms with Gasteiger partial charge in [0, 0.05) is 21.2 Å². The Labute approximate surface area is 316 Å². The van der Waals surface area contributed by atoms with E-state index in [-0.39, 0.29) is 0 Å². The van der Waals surface area contributed by atoms with Gasteiger partial charge >= 0.3 is 0 Å². The Morgan fingerprint density at radius 2 is 0.963 bits per heavy atom. The van der Waals surface area contributed by atoms with E-state index in [1.54, 1.807) is 11.3 Å². The van der Waals surface area contributed by atoms with Gasteiger partial charge in [-0.2, -0.15) is 0 Å². The average molecular weight is 703 g/mol. The molecule has 1 unspecified atom stereocenters. The maximum absolute atomic E-state index is 5.41. The number of thiophene rings is 1. The predicted octanol–water partition coefficient (Wildman–Crippen LogP) is 13.3. The summed E-state index contributed by atoms with van der Waals surface area (Å²) in [6, 6.07) is 66.5. The third kappa shape index (κ3) is 4.05. The first kappa shape index (κ1) is 29.9. The fraction of sp³-hybridized carbons (Fsp3) is 0.0196. The standard InChI is InChI=1S/C51H30N2S/c1-2-12-31(13-3-1)32-22-24-33(25-23-32)47-49-48(39-18-8-11-21-46(39)54-49)53-50(52-47)36-26-27-44-40(29-36)37-16-6-9-19-42(37)51(44)43-20-10-7-17-38(43)41-28-34-14-4-5-15-35(34)30-45(41)51/h1-30H. The molecule has 0 radical (unpaired) electrons. The number of benzene rings is 8. The van der Waals surface area contributed by atoms with Crippen molar-refractivity contribution in [3.8, 4) is 56.0 Å². The summed E-state index contributed by atoms with van der Waals surface area (Å²) in [5.41, 5.74) is 16.5. The predicted molar refractivity (Wildman–Crippen MR) is 225 cm³/mol. The fourth-order valence-corrected chi connectivity index (χ4v) is 10.5. The highest BCUT2D eigenvalue weighted by Crippen LogP contribution is 2.63. The van der Waals surface area contributed by atoms with Crippen LogP contribution < -0.4 is 0 Å². The van der Waals surface area contributed by atoms with Crippen molar-refractivity contribution < 1.29 is 0 Å². The lowest BCUT2D eigenvalue weighted by molar-refractivity contribution is 0.795. The van der Waals surface area contributed by atoms with E-state index >= 15 is 0 Å². The quantitative estimate of drug-likeness (QED) is 0.183. The molecular formula is C51H30N2S. The average Bonchev–Trinajstić information content (AvgIpc) is 3.86. The number of fused-ring (bicyclic) bond motifs is 14. The van der Waals surface area contributed by atoms with E-state index in [9.17, 15) is 0 Å². The number of hydrogen-bond acceptors (Lipinski definition) is 3. The number of rotatable bonds is 3. The summed E-state index contributed by atoms with van der Waals surface area (Å²) in [4.78, 5) is 10.8. The molecule has 8 aromatic carbocycles. The highest BCUT2D eigenvalue weighted by Gasteiger charge is 2.51. The molecule has 0 amide bonds. The molecule has 2 aliphatic carbocycles. The van der Waals surface area contributed by atoms with Gasteiger partial charge in [0.25, 0.3) is 0 Å². The Kier molecular flexibility index (Phi) is 6.17. The maximum Gasteiger partial charge on any atom is 0.160 e. The highest BCUT2D eigenvalue weighted by molar-refractivity contribution is 7.26. The summed E-state index contributed by atoms with van der Waals surface area (Å²) >= 11 is 1.77. The minimum absolute atomic E-state index is 0.416. The minimum atomic E-state index is -0.416. The van der Waals surface area contributed by atoms with Crippen LogP contribution in [0.25, 0.3) is 87.1 Å². The molecular weight excluding hydrogens is 673 g/mol. The molecule has 0 aliphatic heterocycles. The van der Waals surface area contributed by atoms with E-state index < -0.39 is 5.41 Å². The third-order valence-corrected chi connectivity index (χ3v) is 12.9. The van der Waals surface area contributed by atoms with Crippen molar-refractivity contribution >= 4 is 42.4 Å². The Morgan fingerprint density at radius 3 is 1.74 bits per heavy atom. The molecule has 2 aliphatic rings. The molecule has 0 saturated carbocycles. The lowest BCUT2D eigenvalue weighted by Crippen LogP contribution is -2.25. The lowest BCUT2D eigenvalue weighted by atomic mass is 9.70. The zero-order valence-electron chi connectivity index (χ0n) is 29.1. The SMILES string of the molecule is c1ccc(-c2ccc(-c3nc(-c4ccc5c(c4)-c4ccccc4C54c5ccccc5-c5cc6ccccc6cc54)nc4c3sc3ccccc34)cc2)cc1. The first-order valence-corrected chi connectivity index (χ1v) is 19.3. The Morgan fingerprint density at radius 1 is 0.389 bits per heavy atom. The molecule has 0 fully saturated rings. The van der Waals surface area contributed by atoms with Crippen LogP contribution in [0.1, 0.15) is 22.3 Å². The zero-order chi connectivity index (χ0) is 35.4. The van der Waals surface area contributed by atoms with Crippen molar-refractivity contribution in [3.63, 3.8) is 0 Å². The normalized spacial score (nSPS) is 15.1. The van der Waals surface area contributed by atoms with E-state index in [1.165, 1.54) is 76.5 Å². The highest BCUT2D eigenvalue weighted by atomic mass is 32.1. The largest absolute Gasteiger partial charge is 0.226 e. The van der Waals surface area contributed by atoms with E-state index in [1.807, 2.05) is 0 Å². The van der Waals surface area contributed by atoms with Crippen LogP contribution in [0.3, 0.4) is 0 Å². The van der Waals surface area contributed by atoms with E-state index in [0.717, 1.165) is 32.9 Å². The smallest absolute Gasteiger partial charge is 0.160 e. The topological polar surface area (TPSA) is 25.8 Å². The summed E-state index contributed by atoms with van der Waals surface area (Å²) in [7, 11) is 0. The van der Waals surface area contributed by atoms with Crippen LogP contribution in [-0.4, -0.2) is 9.97 Å². The summed E-state index contributed by atoms with van der Waals surface area (Å²) in [5.74, 6) is 0.743. The summed E-state index contributed by atoms with van der Waals surface area (Å²) in [5, 5.41) is 3.70. The lowest BCUT2D eigenvalue weighted by Gasteiger charge is -2.30. The molecule has 2 nitrogen and oxygen atoms in total. The van der Waals surface area contributed by atoms with Crippen LogP contribution >= 0.6 is 11.3 Å². The third-order valence-electron chi connectivity index (χ3n) is 11.7. The van der Waals surface area contributed by atoms with Gasteiger partial charge in [0.15, 0.2) is 5.82 Å². The molecule has 2 aromatic heterocycles. The van der Waals surface area contributed by atoms with Crippen LogP contribution in [0.15, 0.2) is 182 Å². The van der Waals surface area contributed by atoms with Crippen LogP contribution in [-0.2, 0) is 5.41 Å².